The van der Waals surface area contributed by atoms with Gasteiger partial charge in [0.25, 0.3) is 11.8 Å². The Bertz CT molecular complexity index is 904. The standard InChI is InChI=1S/C18H18N2O3S/c1-12(2)24(23,14-10-8-13(3)9-11-14)19-20-17(21)15-6-4-5-7-16(15)18(20)22/h4-12H,1-3H3. The number of carbonyl (C=O) groups is 2. The Morgan fingerprint density at radius 3 is 1.88 bits per heavy atom. The summed E-state index contributed by atoms with van der Waals surface area (Å²) in [5, 5.41) is 0.400. The molecule has 0 fully saturated rings. The monoisotopic (exact) mass is 342 g/mol. The number of hydrogen-bond acceptors (Lipinski definition) is 4. The minimum atomic E-state index is -2.96. The molecule has 0 N–H and O–H groups in total. The average molecular weight is 342 g/mol. The molecule has 0 aliphatic carbocycles. The summed E-state index contributed by atoms with van der Waals surface area (Å²) in [6.45, 7) is 5.47. The van der Waals surface area contributed by atoms with Crippen molar-refractivity contribution >= 4 is 21.5 Å². The molecule has 1 aliphatic rings. The number of amides is 2. The van der Waals surface area contributed by atoms with E-state index in [1.54, 1.807) is 50.2 Å². The number of hydrogen-bond donors (Lipinski definition) is 0. The third-order valence-electron chi connectivity index (χ3n) is 3.97. The van der Waals surface area contributed by atoms with Crippen LogP contribution in [0.4, 0.5) is 0 Å². The van der Waals surface area contributed by atoms with E-state index in [2.05, 4.69) is 4.47 Å². The predicted molar refractivity (Wildman–Crippen MR) is 92.1 cm³/mol. The maximum Gasteiger partial charge on any atom is 0.282 e. The SMILES string of the molecule is Cc1ccc(S(=O)(=NN2C(=O)c3ccccc3C2=O)C(C)C)cc1. The molecule has 0 spiro atoms. The quantitative estimate of drug-likeness (QED) is 0.803. The summed E-state index contributed by atoms with van der Waals surface area (Å²) in [5.41, 5.74) is 1.62. The van der Waals surface area contributed by atoms with Gasteiger partial charge in [0.05, 0.1) is 11.1 Å². The molecule has 0 aromatic heterocycles. The van der Waals surface area contributed by atoms with Crippen LogP contribution < -0.4 is 0 Å². The molecule has 3 rings (SSSR count). The lowest BCUT2D eigenvalue weighted by atomic mass is 10.1. The lowest BCUT2D eigenvalue weighted by Gasteiger charge is -2.17. The average Bonchev–Trinajstić information content (AvgIpc) is 2.80. The Balaban J connectivity index is 2.14. The number of fused-ring (bicyclic) bond motifs is 1. The summed E-state index contributed by atoms with van der Waals surface area (Å²) >= 11 is 0. The summed E-state index contributed by atoms with van der Waals surface area (Å²) in [7, 11) is -2.96. The van der Waals surface area contributed by atoms with Gasteiger partial charge in [0.1, 0.15) is 9.73 Å². The van der Waals surface area contributed by atoms with Crippen molar-refractivity contribution in [1.82, 2.24) is 5.01 Å². The third kappa shape index (κ3) is 2.53. The lowest BCUT2D eigenvalue weighted by Crippen LogP contribution is -2.28. The fourth-order valence-corrected chi connectivity index (χ4v) is 4.26. The molecule has 1 unspecified atom stereocenters. The first kappa shape index (κ1) is 16.4. The van der Waals surface area contributed by atoms with E-state index in [-0.39, 0.29) is 5.25 Å². The van der Waals surface area contributed by atoms with Gasteiger partial charge in [-0.3, -0.25) is 9.59 Å². The summed E-state index contributed by atoms with van der Waals surface area (Å²) in [5.74, 6) is -1.06. The second kappa shape index (κ2) is 5.87. The Morgan fingerprint density at radius 1 is 0.917 bits per heavy atom. The third-order valence-corrected chi connectivity index (χ3v) is 6.60. The largest absolute Gasteiger partial charge is 0.282 e. The summed E-state index contributed by atoms with van der Waals surface area (Å²) in [4.78, 5) is 25.5. The minimum absolute atomic E-state index is 0.292. The fraction of sp³-hybridized carbons (Fsp3) is 0.222. The van der Waals surface area contributed by atoms with E-state index >= 15 is 0 Å². The molecule has 6 heteroatoms. The molecular formula is C18H18N2O3S. The molecule has 24 heavy (non-hydrogen) atoms. The number of benzene rings is 2. The second-order valence-electron chi connectivity index (χ2n) is 5.98. The van der Waals surface area contributed by atoms with E-state index in [9.17, 15) is 13.8 Å². The molecule has 0 bridgehead atoms. The van der Waals surface area contributed by atoms with Crippen LogP contribution in [-0.4, -0.2) is 26.3 Å². The predicted octanol–water partition coefficient (Wildman–Crippen LogP) is 3.44. The Kier molecular flexibility index (Phi) is 4.01. The molecule has 0 radical (unpaired) electrons. The van der Waals surface area contributed by atoms with Crippen molar-refractivity contribution in [2.45, 2.75) is 30.9 Å². The minimum Gasteiger partial charge on any atom is -0.267 e. The zero-order valence-corrected chi connectivity index (χ0v) is 14.5. The highest BCUT2D eigenvalue weighted by Crippen LogP contribution is 2.27. The lowest BCUT2D eigenvalue weighted by molar-refractivity contribution is 0.0661. The molecule has 5 nitrogen and oxygen atoms in total. The highest BCUT2D eigenvalue weighted by Gasteiger charge is 2.37. The van der Waals surface area contributed by atoms with Gasteiger partial charge in [-0.2, -0.15) is 0 Å². The fourth-order valence-electron chi connectivity index (χ4n) is 2.52. The molecule has 0 saturated carbocycles. The molecule has 1 heterocycles. The summed E-state index contributed by atoms with van der Waals surface area (Å²) in [6.07, 6.45) is 0. The van der Waals surface area contributed by atoms with E-state index < -0.39 is 21.5 Å². The van der Waals surface area contributed by atoms with Gasteiger partial charge in [0.2, 0.25) is 0 Å². The first-order valence-corrected chi connectivity index (χ1v) is 9.23. The van der Waals surface area contributed by atoms with Crippen molar-refractivity contribution in [2.75, 3.05) is 0 Å². The maximum absolute atomic E-state index is 13.5. The maximum atomic E-state index is 13.5. The van der Waals surface area contributed by atoms with Crippen LogP contribution in [0, 0.1) is 6.92 Å². The Hall–Kier alpha value is -2.47. The zero-order valence-electron chi connectivity index (χ0n) is 13.7. The smallest absolute Gasteiger partial charge is 0.267 e. The molecule has 1 atom stereocenters. The van der Waals surface area contributed by atoms with Crippen molar-refractivity contribution in [2.24, 2.45) is 4.47 Å². The van der Waals surface area contributed by atoms with Gasteiger partial charge in [-0.05, 0) is 45.0 Å². The van der Waals surface area contributed by atoms with Crippen molar-refractivity contribution < 1.29 is 13.8 Å². The molecule has 2 aromatic rings. The van der Waals surface area contributed by atoms with Gasteiger partial charge < -0.3 is 0 Å². The van der Waals surface area contributed by atoms with E-state index in [1.165, 1.54) is 0 Å². The van der Waals surface area contributed by atoms with Gasteiger partial charge >= 0.3 is 0 Å². The summed E-state index contributed by atoms with van der Waals surface area (Å²) in [6, 6.07) is 13.7. The van der Waals surface area contributed by atoms with Crippen molar-refractivity contribution in [3.63, 3.8) is 0 Å². The van der Waals surface area contributed by atoms with Crippen molar-refractivity contribution in [1.29, 1.82) is 0 Å². The molecular weight excluding hydrogens is 324 g/mol. The number of carbonyl (C=O) groups excluding carboxylic acids is 2. The van der Waals surface area contributed by atoms with Gasteiger partial charge in [0.15, 0.2) is 0 Å². The van der Waals surface area contributed by atoms with Crippen LogP contribution in [0.5, 0.6) is 0 Å². The number of nitrogens with zero attached hydrogens (tertiary/aromatic N) is 2. The zero-order chi connectivity index (χ0) is 17.5. The van der Waals surface area contributed by atoms with Gasteiger partial charge in [-0.15, -0.1) is 9.48 Å². The molecule has 124 valence electrons. The molecule has 2 amide bonds. The van der Waals surface area contributed by atoms with Crippen LogP contribution in [-0.2, 0) is 9.73 Å². The van der Waals surface area contributed by atoms with Crippen LogP contribution in [0.15, 0.2) is 57.9 Å². The topological polar surface area (TPSA) is 66.8 Å². The van der Waals surface area contributed by atoms with Crippen LogP contribution >= 0.6 is 0 Å². The van der Waals surface area contributed by atoms with Crippen molar-refractivity contribution in [3.05, 3.63) is 65.2 Å². The summed E-state index contributed by atoms with van der Waals surface area (Å²) < 4.78 is 17.6. The van der Waals surface area contributed by atoms with E-state index in [0.29, 0.717) is 16.0 Å². The van der Waals surface area contributed by atoms with Crippen LogP contribution in [0.2, 0.25) is 0 Å². The van der Waals surface area contributed by atoms with Gasteiger partial charge in [-0.1, -0.05) is 29.8 Å². The normalized spacial score (nSPS) is 16.2. The molecule has 1 aliphatic heterocycles. The molecule has 2 aromatic carbocycles. The highest BCUT2D eigenvalue weighted by molar-refractivity contribution is 7.94. The van der Waals surface area contributed by atoms with Crippen LogP contribution in [0.1, 0.15) is 40.1 Å². The first-order chi connectivity index (χ1) is 11.3. The Labute approximate surface area is 141 Å². The van der Waals surface area contributed by atoms with E-state index in [0.717, 1.165) is 10.6 Å². The van der Waals surface area contributed by atoms with Crippen LogP contribution in [0.3, 0.4) is 0 Å². The number of imide groups is 1. The second-order valence-corrected chi connectivity index (χ2v) is 8.69. The molecule has 0 saturated heterocycles. The van der Waals surface area contributed by atoms with E-state index in [1.807, 2.05) is 19.1 Å². The van der Waals surface area contributed by atoms with E-state index in [4.69, 9.17) is 0 Å². The van der Waals surface area contributed by atoms with Crippen LogP contribution in [0.25, 0.3) is 0 Å². The number of rotatable bonds is 3. The Morgan fingerprint density at radius 2 is 1.42 bits per heavy atom. The van der Waals surface area contributed by atoms with Crippen molar-refractivity contribution in [3.8, 4) is 0 Å². The van der Waals surface area contributed by atoms with Gasteiger partial charge in [0, 0.05) is 10.1 Å². The highest BCUT2D eigenvalue weighted by atomic mass is 32.2. The first-order valence-electron chi connectivity index (χ1n) is 7.65. The van der Waals surface area contributed by atoms with Gasteiger partial charge in [-0.25, -0.2) is 4.21 Å². The number of aryl methyl sites for hydroxylation is 1.